The average Bonchev–Trinajstić information content (AvgIpc) is 2.33. The molecule has 94 valence electrons. The van der Waals surface area contributed by atoms with Crippen LogP contribution in [0.4, 0.5) is 0 Å². The van der Waals surface area contributed by atoms with Gasteiger partial charge in [0.25, 0.3) is 0 Å². The molecule has 2 rings (SSSR count). The molecule has 1 aliphatic carbocycles. The molecule has 0 spiro atoms. The molecule has 3 unspecified atom stereocenters. The topological polar surface area (TPSA) is 12.0 Å². The third-order valence-corrected chi connectivity index (χ3v) is 4.47. The predicted molar refractivity (Wildman–Crippen MR) is 77.1 cm³/mol. The fourth-order valence-corrected chi connectivity index (χ4v) is 3.00. The Kier molecular flexibility index (Phi) is 4.63. The lowest BCUT2D eigenvalue weighted by Crippen LogP contribution is -2.38. The van der Waals surface area contributed by atoms with Crippen LogP contribution in [0.15, 0.2) is 28.7 Å². The van der Waals surface area contributed by atoms with Crippen molar-refractivity contribution in [1.29, 1.82) is 0 Å². The van der Waals surface area contributed by atoms with Crippen molar-refractivity contribution in [2.24, 2.45) is 5.92 Å². The van der Waals surface area contributed by atoms with Crippen LogP contribution in [0.2, 0.25) is 0 Å². The smallest absolute Gasteiger partial charge is 0.0294 e. The molecule has 1 saturated carbocycles. The zero-order valence-electron chi connectivity index (χ0n) is 10.7. The van der Waals surface area contributed by atoms with Crippen LogP contribution >= 0.6 is 15.9 Å². The van der Waals surface area contributed by atoms with E-state index in [-0.39, 0.29) is 0 Å². The Hall–Kier alpha value is -0.340. The summed E-state index contributed by atoms with van der Waals surface area (Å²) in [6.45, 7) is 4.65. The molecule has 1 aliphatic rings. The average molecular weight is 296 g/mol. The monoisotopic (exact) mass is 295 g/mol. The first-order valence-electron chi connectivity index (χ1n) is 6.68. The molecular weight excluding hydrogens is 274 g/mol. The van der Waals surface area contributed by atoms with Crippen molar-refractivity contribution in [3.63, 3.8) is 0 Å². The molecule has 1 aromatic carbocycles. The maximum Gasteiger partial charge on any atom is 0.0294 e. The zero-order valence-corrected chi connectivity index (χ0v) is 12.3. The van der Waals surface area contributed by atoms with Crippen molar-refractivity contribution in [2.75, 3.05) is 0 Å². The molecule has 2 heteroatoms. The molecule has 0 radical (unpaired) electrons. The minimum atomic E-state index is 0.452. The summed E-state index contributed by atoms with van der Waals surface area (Å²) >= 11 is 3.48. The molecule has 0 amide bonds. The second-order valence-electron chi connectivity index (χ2n) is 5.31. The molecule has 1 fully saturated rings. The van der Waals surface area contributed by atoms with Crippen LogP contribution < -0.4 is 5.32 Å². The summed E-state index contributed by atoms with van der Waals surface area (Å²) in [6, 6.07) is 9.80. The van der Waals surface area contributed by atoms with E-state index in [4.69, 9.17) is 0 Å². The van der Waals surface area contributed by atoms with Crippen molar-refractivity contribution < 1.29 is 0 Å². The third kappa shape index (κ3) is 3.56. The Balaban J connectivity index is 1.95. The van der Waals surface area contributed by atoms with Gasteiger partial charge in [0.05, 0.1) is 0 Å². The lowest BCUT2D eigenvalue weighted by Gasteiger charge is -2.32. The third-order valence-electron chi connectivity index (χ3n) is 3.95. The highest BCUT2D eigenvalue weighted by Crippen LogP contribution is 2.26. The van der Waals surface area contributed by atoms with Crippen LogP contribution in [-0.2, 0) is 0 Å². The largest absolute Gasteiger partial charge is 0.307 e. The van der Waals surface area contributed by atoms with E-state index in [1.807, 2.05) is 0 Å². The Labute approximate surface area is 113 Å². The molecule has 0 aromatic heterocycles. The number of halogens is 1. The van der Waals surface area contributed by atoms with E-state index >= 15 is 0 Å². The van der Waals surface area contributed by atoms with Crippen LogP contribution in [0, 0.1) is 5.92 Å². The molecule has 1 N–H and O–H groups in total. The van der Waals surface area contributed by atoms with Crippen molar-refractivity contribution in [2.45, 2.75) is 51.6 Å². The normalized spacial score (nSPS) is 26.8. The van der Waals surface area contributed by atoms with Gasteiger partial charge in [-0.05, 0) is 43.4 Å². The SMILES string of the molecule is CC(NC1CCCCC1C)c1ccc(Br)cc1. The summed E-state index contributed by atoms with van der Waals surface area (Å²) in [5.74, 6) is 0.821. The Bertz CT molecular complexity index is 346. The van der Waals surface area contributed by atoms with Gasteiger partial charge in [0, 0.05) is 16.6 Å². The van der Waals surface area contributed by atoms with Gasteiger partial charge >= 0.3 is 0 Å². The molecule has 0 bridgehead atoms. The summed E-state index contributed by atoms with van der Waals surface area (Å²) in [5.41, 5.74) is 1.38. The van der Waals surface area contributed by atoms with Crippen LogP contribution in [0.3, 0.4) is 0 Å². The van der Waals surface area contributed by atoms with Gasteiger partial charge in [-0.1, -0.05) is 47.8 Å². The molecule has 0 aliphatic heterocycles. The van der Waals surface area contributed by atoms with Crippen LogP contribution in [-0.4, -0.2) is 6.04 Å². The lowest BCUT2D eigenvalue weighted by molar-refractivity contribution is 0.263. The summed E-state index contributed by atoms with van der Waals surface area (Å²) in [4.78, 5) is 0. The molecular formula is C15H22BrN. The number of nitrogens with one attached hydrogen (secondary N) is 1. The first kappa shape index (κ1) is 13.1. The van der Waals surface area contributed by atoms with Crippen molar-refractivity contribution in [1.82, 2.24) is 5.32 Å². The van der Waals surface area contributed by atoms with E-state index in [0.717, 1.165) is 10.4 Å². The maximum atomic E-state index is 3.79. The molecule has 17 heavy (non-hydrogen) atoms. The minimum absolute atomic E-state index is 0.452. The van der Waals surface area contributed by atoms with Gasteiger partial charge in [-0.15, -0.1) is 0 Å². The van der Waals surface area contributed by atoms with Gasteiger partial charge in [-0.25, -0.2) is 0 Å². The quantitative estimate of drug-likeness (QED) is 0.854. The Morgan fingerprint density at radius 3 is 2.47 bits per heavy atom. The molecule has 0 saturated heterocycles. The number of benzene rings is 1. The molecule has 1 nitrogen and oxygen atoms in total. The number of hydrogen-bond acceptors (Lipinski definition) is 1. The Morgan fingerprint density at radius 2 is 1.82 bits per heavy atom. The van der Waals surface area contributed by atoms with Crippen molar-refractivity contribution in [3.8, 4) is 0 Å². The molecule has 3 atom stereocenters. The van der Waals surface area contributed by atoms with Gasteiger partial charge in [0.1, 0.15) is 0 Å². The van der Waals surface area contributed by atoms with E-state index in [9.17, 15) is 0 Å². The van der Waals surface area contributed by atoms with E-state index in [0.29, 0.717) is 12.1 Å². The molecule has 0 heterocycles. The van der Waals surface area contributed by atoms with E-state index < -0.39 is 0 Å². The summed E-state index contributed by atoms with van der Waals surface area (Å²) in [7, 11) is 0. The summed E-state index contributed by atoms with van der Waals surface area (Å²) < 4.78 is 1.15. The van der Waals surface area contributed by atoms with E-state index in [1.165, 1.54) is 31.2 Å². The Morgan fingerprint density at radius 1 is 1.18 bits per heavy atom. The van der Waals surface area contributed by atoms with E-state index in [1.54, 1.807) is 0 Å². The van der Waals surface area contributed by atoms with Crippen molar-refractivity contribution in [3.05, 3.63) is 34.3 Å². The van der Waals surface area contributed by atoms with E-state index in [2.05, 4.69) is 59.4 Å². The zero-order chi connectivity index (χ0) is 12.3. The number of rotatable bonds is 3. The second-order valence-corrected chi connectivity index (χ2v) is 6.22. The van der Waals surface area contributed by atoms with Gasteiger partial charge < -0.3 is 5.32 Å². The summed E-state index contributed by atoms with van der Waals surface area (Å²) in [6.07, 6.45) is 5.51. The summed E-state index contributed by atoms with van der Waals surface area (Å²) in [5, 5.41) is 3.79. The number of hydrogen-bond donors (Lipinski definition) is 1. The minimum Gasteiger partial charge on any atom is -0.307 e. The van der Waals surface area contributed by atoms with Gasteiger partial charge in [0.15, 0.2) is 0 Å². The fourth-order valence-electron chi connectivity index (χ4n) is 2.73. The highest BCUT2D eigenvalue weighted by Gasteiger charge is 2.22. The van der Waals surface area contributed by atoms with Gasteiger partial charge in [0.2, 0.25) is 0 Å². The van der Waals surface area contributed by atoms with Gasteiger partial charge in [-0.3, -0.25) is 0 Å². The fraction of sp³-hybridized carbons (Fsp3) is 0.600. The first-order chi connectivity index (χ1) is 8.16. The van der Waals surface area contributed by atoms with Gasteiger partial charge in [-0.2, -0.15) is 0 Å². The second kappa shape index (κ2) is 6.01. The van der Waals surface area contributed by atoms with Crippen LogP contribution in [0.5, 0.6) is 0 Å². The standard InChI is InChI=1S/C15H22BrN/c1-11-5-3-4-6-15(11)17-12(2)13-7-9-14(16)10-8-13/h7-12,15,17H,3-6H2,1-2H3. The lowest BCUT2D eigenvalue weighted by atomic mass is 9.85. The van der Waals surface area contributed by atoms with Crippen LogP contribution in [0.1, 0.15) is 51.1 Å². The first-order valence-corrected chi connectivity index (χ1v) is 7.47. The molecule has 1 aromatic rings. The van der Waals surface area contributed by atoms with Crippen LogP contribution in [0.25, 0.3) is 0 Å². The van der Waals surface area contributed by atoms with Crippen molar-refractivity contribution >= 4 is 15.9 Å². The maximum absolute atomic E-state index is 3.79. The highest BCUT2D eigenvalue weighted by atomic mass is 79.9. The highest BCUT2D eigenvalue weighted by molar-refractivity contribution is 9.10. The predicted octanol–water partition coefficient (Wildman–Crippen LogP) is 4.68.